The maximum atomic E-state index is 13.0. The summed E-state index contributed by atoms with van der Waals surface area (Å²) in [4.78, 5) is 37.8. The van der Waals surface area contributed by atoms with Crippen LogP contribution in [0.4, 0.5) is 0 Å². The van der Waals surface area contributed by atoms with Gasteiger partial charge in [-0.25, -0.2) is 0 Å². The smallest absolute Gasteiger partial charge is 0.202 e. The number of carbonyl (C=O) groups excluding carboxylic acids is 3. The second-order valence-corrected chi connectivity index (χ2v) is 12.5. The number of nitrogens with zero attached hydrogens (tertiary/aromatic N) is 1. The van der Waals surface area contributed by atoms with E-state index < -0.39 is 41.4 Å². The van der Waals surface area contributed by atoms with E-state index >= 15 is 0 Å². The van der Waals surface area contributed by atoms with Crippen molar-refractivity contribution < 1.29 is 63.6 Å². The lowest BCUT2D eigenvalue weighted by Gasteiger charge is -2.43. The number of fused-ring (bicyclic) bond motifs is 3. The second kappa shape index (κ2) is 17.0. The Labute approximate surface area is 285 Å². The summed E-state index contributed by atoms with van der Waals surface area (Å²) in [6, 6.07) is 4.69. The van der Waals surface area contributed by atoms with Crippen LogP contribution in [0, 0.1) is 0 Å². The Hall–Kier alpha value is -3.47. The van der Waals surface area contributed by atoms with Gasteiger partial charge in [-0.3, -0.25) is 14.5 Å². The van der Waals surface area contributed by atoms with E-state index in [1.807, 2.05) is 20.8 Å². The highest BCUT2D eigenvalue weighted by Gasteiger charge is 2.42. The number of rotatable bonds is 6. The van der Waals surface area contributed by atoms with Crippen molar-refractivity contribution in [2.24, 2.45) is 0 Å². The van der Waals surface area contributed by atoms with Crippen LogP contribution in [0.15, 0.2) is 18.2 Å². The number of ketones is 2. The fourth-order valence-electron chi connectivity index (χ4n) is 6.55. The molecule has 2 aromatic rings. The molecule has 6 atom stereocenters. The third-order valence-electron chi connectivity index (χ3n) is 8.99. The van der Waals surface area contributed by atoms with Crippen LogP contribution in [0.2, 0.25) is 0 Å². The summed E-state index contributed by atoms with van der Waals surface area (Å²) in [6.07, 6.45) is -1.13. The van der Waals surface area contributed by atoms with Crippen molar-refractivity contribution in [3.8, 4) is 17.2 Å². The Bertz CT molecular complexity index is 1490. The first-order valence-corrected chi connectivity index (χ1v) is 16.3. The highest BCUT2D eigenvalue weighted by atomic mass is 16.7. The monoisotopic (exact) mass is 689 g/mol. The van der Waals surface area contributed by atoms with E-state index in [2.05, 4.69) is 4.90 Å². The molecular weight excluding hydrogens is 642 g/mol. The molecule has 6 unspecified atom stereocenters. The zero-order valence-corrected chi connectivity index (χ0v) is 28.5. The Morgan fingerprint density at radius 2 is 1.71 bits per heavy atom. The Balaban J connectivity index is 0.000000200. The zero-order chi connectivity index (χ0) is 36.0. The van der Waals surface area contributed by atoms with Gasteiger partial charge >= 0.3 is 0 Å². The van der Waals surface area contributed by atoms with Gasteiger partial charge in [0.15, 0.2) is 12.1 Å². The van der Waals surface area contributed by atoms with E-state index in [0.29, 0.717) is 6.61 Å². The third kappa shape index (κ3) is 8.30. The molecule has 0 bridgehead atoms. The quantitative estimate of drug-likeness (QED) is 0.185. The van der Waals surface area contributed by atoms with Gasteiger partial charge in [0.1, 0.15) is 30.1 Å². The van der Waals surface area contributed by atoms with E-state index in [0.717, 1.165) is 32.4 Å². The van der Waals surface area contributed by atoms with Crippen LogP contribution in [0.25, 0.3) is 0 Å². The summed E-state index contributed by atoms with van der Waals surface area (Å²) in [5.41, 5.74) is -0.529. The molecule has 14 heteroatoms. The number of aldehydes is 1. The molecule has 14 nitrogen and oxygen atoms in total. The summed E-state index contributed by atoms with van der Waals surface area (Å²) in [5, 5.41) is 51.5. The summed E-state index contributed by atoms with van der Waals surface area (Å²) < 4.78 is 26.0. The Kier molecular flexibility index (Phi) is 13.3. The van der Waals surface area contributed by atoms with Gasteiger partial charge < -0.3 is 54.0 Å². The lowest BCUT2D eigenvalue weighted by molar-refractivity contribution is -0.190. The van der Waals surface area contributed by atoms with Gasteiger partial charge in [-0.1, -0.05) is 12.1 Å². The standard InChI is InChI=1S/C19H16O7.C11H21NO4.C5H10O2/c1-26-11-4-2-3-8-13(11)19(25)15-14(16(8)22)17(23)9-5-7(20)6-10(21)12(9)18(15)24;1-8-11(13)9(3-5-15-8)12-4-6-16-10(7-12)14-2;1-5(2)7-4-3-6/h2-4,7,10,20-21,23-24H,5-6H2,1H3;8-11,13H,3-7H2,1-2H3;3,5H,4H2,1-2H3. The maximum absolute atomic E-state index is 13.0. The molecule has 0 radical (unpaired) electrons. The van der Waals surface area contributed by atoms with Crippen molar-refractivity contribution in [1.82, 2.24) is 4.90 Å². The second-order valence-electron chi connectivity index (χ2n) is 12.5. The van der Waals surface area contributed by atoms with Crippen LogP contribution in [0.5, 0.6) is 17.2 Å². The number of benzene rings is 2. The lowest BCUT2D eigenvalue weighted by Crippen LogP contribution is -2.57. The number of ether oxygens (including phenoxy) is 5. The van der Waals surface area contributed by atoms with E-state index in [-0.39, 0.29) is 83.1 Å². The fraction of sp³-hybridized carbons (Fsp3) is 0.571. The van der Waals surface area contributed by atoms with Gasteiger partial charge in [-0.05, 0) is 33.3 Å². The first-order chi connectivity index (χ1) is 23.4. The molecule has 270 valence electrons. The van der Waals surface area contributed by atoms with Crippen molar-refractivity contribution in [3.63, 3.8) is 0 Å². The molecule has 0 aromatic heterocycles. The highest BCUT2D eigenvalue weighted by Crippen LogP contribution is 2.49. The molecule has 2 fully saturated rings. The van der Waals surface area contributed by atoms with E-state index in [1.165, 1.54) is 19.2 Å². The number of aliphatic hydroxyl groups excluding tert-OH is 3. The van der Waals surface area contributed by atoms with Crippen molar-refractivity contribution in [3.05, 3.63) is 51.6 Å². The summed E-state index contributed by atoms with van der Waals surface area (Å²) in [6.45, 7) is 8.89. The van der Waals surface area contributed by atoms with Crippen LogP contribution >= 0.6 is 0 Å². The minimum Gasteiger partial charge on any atom is -0.507 e. The van der Waals surface area contributed by atoms with Gasteiger partial charge in [0.2, 0.25) is 5.78 Å². The van der Waals surface area contributed by atoms with Crippen LogP contribution in [0.1, 0.15) is 82.7 Å². The number of phenols is 2. The molecule has 2 aliphatic heterocycles. The fourth-order valence-corrected chi connectivity index (χ4v) is 6.55. The molecule has 5 N–H and O–H groups in total. The maximum Gasteiger partial charge on any atom is 0.202 e. The molecular formula is C35H47NO13. The molecule has 6 rings (SSSR count). The molecule has 0 spiro atoms. The zero-order valence-electron chi connectivity index (χ0n) is 28.5. The molecule has 0 amide bonds. The van der Waals surface area contributed by atoms with Gasteiger partial charge in [0.25, 0.3) is 0 Å². The van der Waals surface area contributed by atoms with Gasteiger partial charge in [0.05, 0.1) is 60.9 Å². The summed E-state index contributed by atoms with van der Waals surface area (Å²) in [7, 11) is 3.01. The van der Waals surface area contributed by atoms with Crippen LogP contribution in [0.3, 0.4) is 0 Å². The average molecular weight is 690 g/mol. The number of hydrogen-bond donors (Lipinski definition) is 5. The van der Waals surface area contributed by atoms with Crippen molar-refractivity contribution in [2.75, 3.05) is 47.1 Å². The largest absolute Gasteiger partial charge is 0.507 e. The van der Waals surface area contributed by atoms with Crippen LogP contribution < -0.4 is 4.74 Å². The Morgan fingerprint density at radius 1 is 1.00 bits per heavy atom. The summed E-state index contributed by atoms with van der Waals surface area (Å²) >= 11 is 0. The molecule has 2 aromatic carbocycles. The average Bonchev–Trinajstić information content (AvgIpc) is 3.08. The highest BCUT2D eigenvalue weighted by molar-refractivity contribution is 6.31. The predicted molar refractivity (Wildman–Crippen MR) is 174 cm³/mol. The first-order valence-electron chi connectivity index (χ1n) is 16.3. The SMILES string of the molecule is CC(C)OCC=O.COC1CN(C2CCOC(C)C2O)CCO1.COc1cccc2c1C(=O)c1c(O)c3c(c(O)c1C2=O)CC(O)CC3O. The number of aromatic hydroxyl groups is 2. The lowest BCUT2D eigenvalue weighted by atomic mass is 9.76. The number of morpholine rings is 1. The van der Waals surface area contributed by atoms with Gasteiger partial charge in [-0.15, -0.1) is 0 Å². The normalized spacial score (nSPS) is 26.3. The molecule has 4 aliphatic rings. The van der Waals surface area contributed by atoms with Crippen molar-refractivity contribution in [2.45, 2.75) is 82.9 Å². The number of methoxy groups -OCH3 is 2. The molecule has 49 heavy (non-hydrogen) atoms. The molecule has 2 saturated heterocycles. The van der Waals surface area contributed by atoms with Gasteiger partial charge in [0, 0.05) is 62.4 Å². The summed E-state index contributed by atoms with van der Waals surface area (Å²) in [5.74, 6) is -2.14. The van der Waals surface area contributed by atoms with Gasteiger partial charge in [-0.2, -0.15) is 0 Å². The molecule has 2 heterocycles. The van der Waals surface area contributed by atoms with Crippen molar-refractivity contribution >= 4 is 17.9 Å². The topological polar surface area (TPSA) is 202 Å². The minimum absolute atomic E-state index is 0.00693. The number of aliphatic hydroxyl groups is 3. The van der Waals surface area contributed by atoms with E-state index in [1.54, 1.807) is 13.2 Å². The number of phenolic OH excluding ortho intramolecular Hbond substituents is 2. The minimum atomic E-state index is -1.26. The first kappa shape index (κ1) is 38.3. The van der Waals surface area contributed by atoms with Crippen LogP contribution in [-0.2, 0) is 30.2 Å². The third-order valence-corrected chi connectivity index (χ3v) is 8.99. The number of carbonyl (C=O) groups is 3. The van der Waals surface area contributed by atoms with E-state index in [4.69, 9.17) is 23.7 Å². The predicted octanol–water partition coefficient (Wildman–Crippen LogP) is 1.66. The van der Waals surface area contributed by atoms with Crippen molar-refractivity contribution in [1.29, 1.82) is 0 Å². The molecule has 0 saturated carbocycles. The van der Waals surface area contributed by atoms with E-state index in [9.17, 15) is 39.9 Å². The van der Waals surface area contributed by atoms with Crippen LogP contribution in [-0.4, -0.2) is 132 Å². The molecule has 2 aliphatic carbocycles. The number of hydrogen-bond acceptors (Lipinski definition) is 14. The Morgan fingerprint density at radius 3 is 2.35 bits per heavy atom.